The second-order valence-corrected chi connectivity index (χ2v) is 4.96. The zero-order valence-corrected chi connectivity index (χ0v) is 9.50. The average molecular weight is 222 g/mol. The van der Waals surface area contributed by atoms with Gasteiger partial charge in [-0.15, -0.1) is 0 Å². The highest BCUT2D eigenvalue weighted by Crippen LogP contribution is 2.53. The van der Waals surface area contributed by atoms with E-state index in [1.807, 2.05) is 19.1 Å². The zero-order valence-electron chi connectivity index (χ0n) is 8.60. The number of carboxylic acids is 1. The molecular weight excluding hydrogens is 208 g/mol. The van der Waals surface area contributed by atoms with Gasteiger partial charge >= 0.3 is 5.97 Å². The summed E-state index contributed by atoms with van der Waals surface area (Å²) >= 11 is 4.48. The first-order valence-electron chi connectivity index (χ1n) is 5.09. The van der Waals surface area contributed by atoms with Gasteiger partial charge in [-0.2, -0.15) is 12.6 Å². The standard InChI is InChI=1S/C12H14O2S/c1-8(15)12(6-7-12)10-5-3-2-4-9(10)11(13)14/h2-5,8,15H,6-7H2,1H3,(H,13,14). The predicted octanol–water partition coefficient (Wildman–Crippen LogP) is 2.73. The van der Waals surface area contributed by atoms with Crippen LogP contribution in [0.4, 0.5) is 0 Å². The molecule has 0 bridgehead atoms. The maximum Gasteiger partial charge on any atom is 0.335 e. The number of carbonyl (C=O) groups is 1. The van der Waals surface area contributed by atoms with Crippen molar-refractivity contribution in [3.05, 3.63) is 35.4 Å². The van der Waals surface area contributed by atoms with Crippen molar-refractivity contribution in [1.82, 2.24) is 0 Å². The van der Waals surface area contributed by atoms with E-state index >= 15 is 0 Å². The van der Waals surface area contributed by atoms with E-state index in [1.54, 1.807) is 12.1 Å². The van der Waals surface area contributed by atoms with Gasteiger partial charge < -0.3 is 5.11 Å². The summed E-state index contributed by atoms with van der Waals surface area (Å²) < 4.78 is 0. The summed E-state index contributed by atoms with van der Waals surface area (Å²) in [6, 6.07) is 7.27. The van der Waals surface area contributed by atoms with Crippen LogP contribution in [0.25, 0.3) is 0 Å². The lowest BCUT2D eigenvalue weighted by atomic mass is 9.89. The van der Waals surface area contributed by atoms with E-state index in [0.717, 1.165) is 18.4 Å². The Kier molecular flexibility index (Phi) is 2.51. The largest absolute Gasteiger partial charge is 0.478 e. The Morgan fingerprint density at radius 3 is 2.53 bits per heavy atom. The third kappa shape index (κ3) is 1.65. The van der Waals surface area contributed by atoms with Crippen molar-refractivity contribution in [1.29, 1.82) is 0 Å². The van der Waals surface area contributed by atoms with Crippen molar-refractivity contribution >= 4 is 18.6 Å². The van der Waals surface area contributed by atoms with Gasteiger partial charge in [0, 0.05) is 10.7 Å². The fourth-order valence-electron chi connectivity index (χ4n) is 2.15. The number of thiol groups is 1. The normalized spacial score (nSPS) is 19.6. The quantitative estimate of drug-likeness (QED) is 0.772. The molecule has 1 fully saturated rings. The molecule has 2 rings (SSSR count). The maximum atomic E-state index is 11.1. The van der Waals surface area contributed by atoms with Gasteiger partial charge in [-0.25, -0.2) is 4.79 Å². The molecule has 1 aromatic rings. The SMILES string of the molecule is CC(S)C1(c2ccccc2C(=O)O)CC1. The van der Waals surface area contributed by atoms with Gasteiger partial charge in [-0.1, -0.05) is 25.1 Å². The lowest BCUT2D eigenvalue weighted by molar-refractivity contribution is 0.0695. The molecule has 0 radical (unpaired) electrons. The third-order valence-corrected chi connectivity index (χ3v) is 3.78. The van der Waals surface area contributed by atoms with Gasteiger partial charge in [0.2, 0.25) is 0 Å². The van der Waals surface area contributed by atoms with E-state index in [-0.39, 0.29) is 10.7 Å². The van der Waals surface area contributed by atoms with Gasteiger partial charge in [0.05, 0.1) is 5.56 Å². The van der Waals surface area contributed by atoms with Crippen LogP contribution in [0.1, 0.15) is 35.7 Å². The molecule has 0 aromatic heterocycles. The van der Waals surface area contributed by atoms with Crippen LogP contribution in [0.15, 0.2) is 24.3 Å². The lowest BCUT2D eigenvalue weighted by Crippen LogP contribution is -2.21. The van der Waals surface area contributed by atoms with Gasteiger partial charge in [0.25, 0.3) is 0 Å². The highest BCUT2D eigenvalue weighted by atomic mass is 32.1. The van der Waals surface area contributed by atoms with E-state index in [1.165, 1.54) is 0 Å². The molecule has 1 aliphatic carbocycles. The van der Waals surface area contributed by atoms with Crippen molar-refractivity contribution in [2.75, 3.05) is 0 Å². The summed E-state index contributed by atoms with van der Waals surface area (Å²) in [6.07, 6.45) is 2.09. The third-order valence-electron chi connectivity index (χ3n) is 3.28. The molecule has 0 heterocycles. The number of aromatic carboxylic acids is 1. The minimum Gasteiger partial charge on any atom is -0.478 e. The van der Waals surface area contributed by atoms with Crippen LogP contribution in [-0.4, -0.2) is 16.3 Å². The van der Waals surface area contributed by atoms with Crippen LogP contribution >= 0.6 is 12.6 Å². The fraction of sp³-hybridized carbons (Fsp3) is 0.417. The first-order valence-corrected chi connectivity index (χ1v) is 5.60. The second-order valence-electron chi connectivity index (χ2n) is 4.18. The molecule has 1 aliphatic rings. The minimum absolute atomic E-state index is 0.00189. The minimum atomic E-state index is -0.842. The summed E-state index contributed by atoms with van der Waals surface area (Å²) in [4.78, 5) is 11.1. The molecule has 3 heteroatoms. The summed E-state index contributed by atoms with van der Waals surface area (Å²) in [6.45, 7) is 2.04. The summed E-state index contributed by atoms with van der Waals surface area (Å²) in [7, 11) is 0. The molecule has 15 heavy (non-hydrogen) atoms. The molecule has 0 aliphatic heterocycles. The first kappa shape index (κ1) is 10.6. The molecule has 0 amide bonds. The molecule has 1 saturated carbocycles. The highest BCUT2D eigenvalue weighted by Gasteiger charge is 2.49. The Morgan fingerprint density at radius 1 is 1.47 bits per heavy atom. The lowest BCUT2D eigenvalue weighted by Gasteiger charge is -2.21. The van der Waals surface area contributed by atoms with Crippen molar-refractivity contribution in [2.24, 2.45) is 0 Å². The molecular formula is C12H14O2S. The van der Waals surface area contributed by atoms with Crippen molar-refractivity contribution in [3.63, 3.8) is 0 Å². The predicted molar refractivity (Wildman–Crippen MR) is 62.8 cm³/mol. The molecule has 1 aromatic carbocycles. The smallest absolute Gasteiger partial charge is 0.335 e. The van der Waals surface area contributed by atoms with Crippen LogP contribution in [0, 0.1) is 0 Å². The van der Waals surface area contributed by atoms with Gasteiger partial charge in [-0.05, 0) is 24.5 Å². The number of benzene rings is 1. The van der Waals surface area contributed by atoms with Crippen molar-refractivity contribution in [2.45, 2.75) is 30.4 Å². The van der Waals surface area contributed by atoms with Gasteiger partial charge in [0.15, 0.2) is 0 Å². The van der Waals surface area contributed by atoms with E-state index in [0.29, 0.717) is 5.56 Å². The average Bonchev–Trinajstić information content (AvgIpc) is 2.98. The summed E-state index contributed by atoms with van der Waals surface area (Å²) in [5, 5.41) is 9.32. The molecule has 0 saturated heterocycles. The highest BCUT2D eigenvalue weighted by molar-refractivity contribution is 7.81. The molecule has 1 N–H and O–H groups in total. The second kappa shape index (κ2) is 3.56. The summed E-state index contributed by atoms with van der Waals surface area (Å²) in [5.41, 5.74) is 1.37. The van der Waals surface area contributed by atoms with Gasteiger partial charge in [-0.3, -0.25) is 0 Å². The molecule has 2 nitrogen and oxygen atoms in total. The van der Waals surface area contributed by atoms with Crippen LogP contribution in [0.3, 0.4) is 0 Å². The van der Waals surface area contributed by atoms with E-state index < -0.39 is 5.97 Å². The fourth-order valence-corrected chi connectivity index (χ4v) is 2.55. The maximum absolute atomic E-state index is 11.1. The number of carboxylic acid groups (broad SMARTS) is 1. The number of hydrogen-bond donors (Lipinski definition) is 2. The Morgan fingerprint density at radius 2 is 2.07 bits per heavy atom. The van der Waals surface area contributed by atoms with E-state index in [2.05, 4.69) is 12.6 Å². The zero-order chi connectivity index (χ0) is 11.1. The monoisotopic (exact) mass is 222 g/mol. The van der Waals surface area contributed by atoms with E-state index in [4.69, 9.17) is 5.11 Å². The number of hydrogen-bond acceptors (Lipinski definition) is 2. The topological polar surface area (TPSA) is 37.3 Å². The van der Waals surface area contributed by atoms with Gasteiger partial charge in [0.1, 0.15) is 0 Å². The Labute approximate surface area is 94.7 Å². The van der Waals surface area contributed by atoms with Crippen LogP contribution in [-0.2, 0) is 5.41 Å². The Balaban J connectivity index is 2.49. The molecule has 1 unspecified atom stereocenters. The molecule has 0 spiro atoms. The first-order chi connectivity index (χ1) is 7.08. The Bertz CT molecular complexity index is 394. The van der Waals surface area contributed by atoms with Crippen LogP contribution < -0.4 is 0 Å². The number of rotatable bonds is 3. The molecule has 80 valence electrons. The van der Waals surface area contributed by atoms with Crippen LogP contribution in [0.5, 0.6) is 0 Å². The van der Waals surface area contributed by atoms with Crippen molar-refractivity contribution in [3.8, 4) is 0 Å². The van der Waals surface area contributed by atoms with Crippen LogP contribution in [0.2, 0.25) is 0 Å². The molecule has 1 atom stereocenters. The summed E-state index contributed by atoms with van der Waals surface area (Å²) in [5.74, 6) is -0.842. The van der Waals surface area contributed by atoms with E-state index in [9.17, 15) is 4.79 Å². The van der Waals surface area contributed by atoms with Crippen molar-refractivity contribution < 1.29 is 9.90 Å². The Hall–Kier alpha value is -0.960.